The average Bonchev–Trinajstić information content (AvgIpc) is 3.22. The van der Waals surface area contributed by atoms with Crippen LogP contribution in [0.25, 0.3) is 0 Å². The summed E-state index contributed by atoms with van der Waals surface area (Å²) in [4.78, 5) is 16.5. The summed E-state index contributed by atoms with van der Waals surface area (Å²) in [7, 11) is 2.15. The van der Waals surface area contributed by atoms with Crippen LogP contribution in [0.3, 0.4) is 0 Å². The van der Waals surface area contributed by atoms with Gasteiger partial charge in [-0.3, -0.25) is 0 Å². The Kier molecular flexibility index (Phi) is 5.88. The minimum absolute atomic E-state index is 0.0503. The molecule has 1 saturated carbocycles. The predicted octanol–water partition coefficient (Wildman–Crippen LogP) is 1.78. The minimum atomic E-state index is 0.0503. The summed E-state index contributed by atoms with van der Waals surface area (Å²) >= 11 is 0. The second kappa shape index (κ2) is 7.45. The smallest absolute Gasteiger partial charge is 0.317 e. The molecule has 0 radical (unpaired) electrons. The molecule has 0 spiro atoms. The van der Waals surface area contributed by atoms with Crippen LogP contribution < -0.4 is 5.32 Å². The molecule has 1 aliphatic heterocycles. The standard InChI is InChI=1S/C16H31N3O2/c1-12(2)13(3)17-16(20)19-7-8-21-15(11-19)10-18(4)9-14-5-6-14/h12-15H,5-11H2,1-4H3,(H,17,20)/t13-,15-/m1/s1. The van der Waals surface area contributed by atoms with E-state index in [0.29, 0.717) is 25.6 Å². The fourth-order valence-electron chi connectivity index (χ4n) is 2.63. The van der Waals surface area contributed by atoms with Gasteiger partial charge in [0.05, 0.1) is 12.7 Å². The summed E-state index contributed by atoms with van der Waals surface area (Å²) in [6.07, 6.45) is 2.89. The van der Waals surface area contributed by atoms with E-state index in [0.717, 1.165) is 19.0 Å². The lowest BCUT2D eigenvalue weighted by atomic mass is 10.1. The first-order valence-corrected chi connectivity index (χ1v) is 8.31. The Morgan fingerprint density at radius 1 is 1.33 bits per heavy atom. The normalized spacial score (nSPS) is 24.5. The van der Waals surface area contributed by atoms with E-state index in [1.807, 2.05) is 4.90 Å². The van der Waals surface area contributed by atoms with Crippen LogP contribution in [0.4, 0.5) is 4.79 Å². The summed E-state index contributed by atoms with van der Waals surface area (Å²) in [5.74, 6) is 1.35. The van der Waals surface area contributed by atoms with Gasteiger partial charge in [0.1, 0.15) is 0 Å². The molecule has 0 aromatic rings. The molecule has 1 aliphatic carbocycles. The Bertz CT molecular complexity index is 344. The van der Waals surface area contributed by atoms with Gasteiger partial charge in [-0.2, -0.15) is 0 Å². The highest BCUT2D eigenvalue weighted by molar-refractivity contribution is 5.74. The van der Waals surface area contributed by atoms with Crippen molar-refractivity contribution in [1.29, 1.82) is 0 Å². The number of nitrogens with zero attached hydrogens (tertiary/aromatic N) is 2. The second-order valence-corrected chi connectivity index (χ2v) is 7.09. The molecular formula is C16H31N3O2. The van der Waals surface area contributed by atoms with E-state index >= 15 is 0 Å². The molecule has 2 amide bonds. The zero-order chi connectivity index (χ0) is 15.4. The third kappa shape index (κ3) is 5.47. The molecule has 2 fully saturated rings. The molecule has 1 saturated heterocycles. The van der Waals surface area contributed by atoms with E-state index in [9.17, 15) is 4.79 Å². The maximum Gasteiger partial charge on any atom is 0.317 e. The maximum atomic E-state index is 12.3. The van der Waals surface area contributed by atoms with Crippen LogP contribution in [0.2, 0.25) is 0 Å². The van der Waals surface area contributed by atoms with Crippen molar-refractivity contribution in [2.24, 2.45) is 11.8 Å². The van der Waals surface area contributed by atoms with Gasteiger partial charge in [-0.25, -0.2) is 4.79 Å². The van der Waals surface area contributed by atoms with Gasteiger partial charge in [0.25, 0.3) is 0 Å². The first-order chi connectivity index (χ1) is 9.95. The number of nitrogens with one attached hydrogen (secondary N) is 1. The fraction of sp³-hybridized carbons (Fsp3) is 0.938. The van der Waals surface area contributed by atoms with Crippen molar-refractivity contribution in [1.82, 2.24) is 15.1 Å². The number of carbonyl (C=O) groups excluding carboxylic acids is 1. The second-order valence-electron chi connectivity index (χ2n) is 7.09. The first-order valence-electron chi connectivity index (χ1n) is 8.31. The number of hydrogen-bond donors (Lipinski definition) is 1. The van der Waals surface area contributed by atoms with Gasteiger partial charge in [-0.1, -0.05) is 13.8 Å². The molecule has 0 aromatic carbocycles. The summed E-state index contributed by atoms with van der Waals surface area (Å²) < 4.78 is 5.82. The quantitative estimate of drug-likeness (QED) is 0.813. The molecule has 5 nitrogen and oxygen atoms in total. The lowest BCUT2D eigenvalue weighted by molar-refractivity contribution is -0.0281. The average molecular weight is 297 g/mol. The molecule has 0 aromatic heterocycles. The Morgan fingerprint density at radius 3 is 2.67 bits per heavy atom. The van der Waals surface area contributed by atoms with Crippen LogP contribution in [0, 0.1) is 11.8 Å². The number of amides is 2. The number of urea groups is 1. The lowest BCUT2D eigenvalue weighted by Gasteiger charge is -2.35. The summed E-state index contributed by atoms with van der Waals surface area (Å²) in [5.41, 5.74) is 0. The molecule has 21 heavy (non-hydrogen) atoms. The topological polar surface area (TPSA) is 44.8 Å². The zero-order valence-corrected chi connectivity index (χ0v) is 14.0. The van der Waals surface area contributed by atoms with Crippen molar-refractivity contribution in [3.8, 4) is 0 Å². The van der Waals surface area contributed by atoms with Crippen LogP contribution in [-0.2, 0) is 4.74 Å². The zero-order valence-electron chi connectivity index (χ0n) is 14.0. The molecule has 2 atom stereocenters. The van der Waals surface area contributed by atoms with Gasteiger partial charge >= 0.3 is 6.03 Å². The Balaban J connectivity index is 1.75. The number of likely N-dealkylation sites (N-methyl/N-ethyl adjacent to an activating group) is 1. The lowest BCUT2D eigenvalue weighted by Crippen LogP contribution is -2.54. The van der Waals surface area contributed by atoms with Gasteiger partial charge in [0.2, 0.25) is 0 Å². The third-order valence-corrected chi connectivity index (χ3v) is 4.56. The maximum absolute atomic E-state index is 12.3. The predicted molar refractivity (Wildman–Crippen MR) is 84.4 cm³/mol. The van der Waals surface area contributed by atoms with E-state index in [1.165, 1.54) is 12.8 Å². The van der Waals surface area contributed by atoms with E-state index in [-0.39, 0.29) is 18.2 Å². The van der Waals surface area contributed by atoms with E-state index in [4.69, 9.17) is 4.74 Å². The molecule has 1 N–H and O–H groups in total. The molecule has 122 valence electrons. The Labute approximate surface area is 129 Å². The number of carbonyl (C=O) groups is 1. The molecule has 2 rings (SSSR count). The van der Waals surface area contributed by atoms with Gasteiger partial charge in [-0.15, -0.1) is 0 Å². The SMILES string of the molecule is CC(C)[C@@H](C)NC(=O)N1CCO[C@H](CN(C)CC2CC2)C1. The Morgan fingerprint density at radius 2 is 2.05 bits per heavy atom. The molecule has 2 aliphatic rings. The van der Waals surface area contributed by atoms with Crippen LogP contribution in [0.5, 0.6) is 0 Å². The number of morpholine rings is 1. The van der Waals surface area contributed by atoms with Crippen molar-refractivity contribution in [2.45, 2.75) is 45.8 Å². The highest BCUT2D eigenvalue weighted by Crippen LogP contribution is 2.29. The van der Waals surface area contributed by atoms with Gasteiger partial charge in [0, 0.05) is 32.2 Å². The van der Waals surface area contributed by atoms with Gasteiger partial charge in [-0.05, 0) is 38.6 Å². The molecular weight excluding hydrogens is 266 g/mol. The van der Waals surface area contributed by atoms with Crippen molar-refractivity contribution >= 4 is 6.03 Å². The van der Waals surface area contributed by atoms with Crippen molar-refractivity contribution in [2.75, 3.05) is 39.8 Å². The highest BCUT2D eigenvalue weighted by atomic mass is 16.5. The van der Waals surface area contributed by atoms with Crippen LogP contribution in [0.1, 0.15) is 33.6 Å². The molecule has 5 heteroatoms. The van der Waals surface area contributed by atoms with Crippen molar-refractivity contribution in [3.63, 3.8) is 0 Å². The van der Waals surface area contributed by atoms with E-state index < -0.39 is 0 Å². The van der Waals surface area contributed by atoms with Gasteiger partial charge in [0.15, 0.2) is 0 Å². The van der Waals surface area contributed by atoms with Crippen LogP contribution in [-0.4, -0.2) is 67.8 Å². The highest BCUT2D eigenvalue weighted by Gasteiger charge is 2.28. The van der Waals surface area contributed by atoms with Gasteiger partial charge < -0.3 is 19.9 Å². The fourth-order valence-corrected chi connectivity index (χ4v) is 2.63. The molecule has 1 heterocycles. The largest absolute Gasteiger partial charge is 0.373 e. The number of rotatable bonds is 6. The minimum Gasteiger partial charge on any atom is -0.373 e. The molecule has 0 bridgehead atoms. The van der Waals surface area contributed by atoms with E-state index in [1.54, 1.807) is 0 Å². The van der Waals surface area contributed by atoms with Crippen molar-refractivity contribution in [3.05, 3.63) is 0 Å². The van der Waals surface area contributed by atoms with Crippen molar-refractivity contribution < 1.29 is 9.53 Å². The summed E-state index contributed by atoms with van der Waals surface area (Å²) in [6, 6.07) is 0.255. The number of ether oxygens (including phenoxy) is 1. The van der Waals surface area contributed by atoms with Crippen LogP contribution in [0.15, 0.2) is 0 Å². The Hall–Kier alpha value is -0.810. The molecule has 0 unspecified atom stereocenters. The van der Waals surface area contributed by atoms with Crippen LogP contribution >= 0.6 is 0 Å². The number of hydrogen-bond acceptors (Lipinski definition) is 3. The first kappa shape index (κ1) is 16.6. The van der Waals surface area contributed by atoms with E-state index in [2.05, 4.69) is 38.0 Å². The monoisotopic (exact) mass is 297 g/mol. The summed E-state index contributed by atoms with van der Waals surface area (Å²) in [5, 5.41) is 3.08. The summed E-state index contributed by atoms with van der Waals surface area (Å²) in [6.45, 7) is 10.4. The third-order valence-electron chi connectivity index (χ3n) is 4.56.